The molecule has 1 heterocycles. The van der Waals surface area contributed by atoms with Crippen molar-refractivity contribution < 1.29 is 0 Å². The quantitative estimate of drug-likeness (QED) is 0.687. The van der Waals surface area contributed by atoms with Crippen LogP contribution in [0.15, 0.2) is 0 Å². The third-order valence-corrected chi connectivity index (χ3v) is 2.66. The van der Waals surface area contributed by atoms with Crippen molar-refractivity contribution in [2.24, 2.45) is 5.92 Å². The number of aromatic nitrogens is 4. The molecule has 4 heteroatoms. The van der Waals surface area contributed by atoms with Crippen LogP contribution in [0.5, 0.6) is 0 Å². The van der Waals surface area contributed by atoms with Gasteiger partial charge in [0.15, 0.2) is 5.82 Å². The van der Waals surface area contributed by atoms with E-state index in [1.807, 2.05) is 0 Å². The highest BCUT2D eigenvalue weighted by molar-refractivity contribution is 4.93. The van der Waals surface area contributed by atoms with Gasteiger partial charge in [0.2, 0.25) is 0 Å². The molecule has 2 rings (SSSR count). The minimum absolute atomic E-state index is 0.549. The number of hydrogen-bond donors (Lipinski definition) is 1. The van der Waals surface area contributed by atoms with Crippen molar-refractivity contribution >= 4 is 0 Å². The Labute approximate surface area is 71.8 Å². The maximum absolute atomic E-state index is 4.03. The molecule has 0 aromatic carbocycles. The number of tetrazole rings is 1. The van der Waals surface area contributed by atoms with E-state index in [1.54, 1.807) is 0 Å². The molecule has 2 unspecified atom stereocenters. The summed E-state index contributed by atoms with van der Waals surface area (Å²) in [6, 6.07) is 0. The van der Waals surface area contributed by atoms with Gasteiger partial charge in [-0.1, -0.05) is 25.0 Å². The lowest BCUT2D eigenvalue weighted by Crippen LogP contribution is -2.12. The van der Waals surface area contributed by atoms with Gasteiger partial charge < -0.3 is 0 Å². The summed E-state index contributed by atoms with van der Waals surface area (Å²) in [7, 11) is 0. The van der Waals surface area contributed by atoms with Gasteiger partial charge in [0.05, 0.1) is 0 Å². The first kappa shape index (κ1) is 7.71. The van der Waals surface area contributed by atoms with Gasteiger partial charge in [-0.05, 0) is 18.8 Å². The number of aromatic amines is 1. The van der Waals surface area contributed by atoms with Gasteiger partial charge in [0, 0.05) is 5.92 Å². The van der Waals surface area contributed by atoms with Crippen molar-refractivity contribution in [3.63, 3.8) is 0 Å². The first-order valence-electron chi connectivity index (χ1n) is 4.59. The zero-order chi connectivity index (χ0) is 8.39. The minimum Gasteiger partial charge on any atom is -0.177 e. The van der Waals surface area contributed by atoms with E-state index in [1.165, 1.54) is 25.7 Å². The van der Waals surface area contributed by atoms with Gasteiger partial charge in [-0.3, -0.25) is 0 Å². The van der Waals surface area contributed by atoms with Crippen molar-refractivity contribution in [3.05, 3.63) is 5.82 Å². The molecule has 0 radical (unpaired) electrons. The Morgan fingerprint density at radius 2 is 2.33 bits per heavy atom. The van der Waals surface area contributed by atoms with Crippen LogP contribution in [0.1, 0.15) is 44.3 Å². The van der Waals surface area contributed by atoms with E-state index in [0.29, 0.717) is 5.92 Å². The second-order valence-corrected chi connectivity index (χ2v) is 3.74. The highest BCUT2D eigenvalue weighted by Gasteiger charge is 2.23. The molecule has 0 bridgehead atoms. The summed E-state index contributed by atoms with van der Waals surface area (Å²) in [4.78, 5) is 0. The number of hydrogen-bond acceptors (Lipinski definition) is 3. The van der Waals surface area contributed by atoms with Crippen LogP contribution in [-0.4, -0.2) is 20.6 Å². The van der Waals surface area contributed by atoms with E-state index in [0.717, 1.165) is 11.7 Å². The summed E-state index contributed by atoms with van der Waals surface area (Å²) >= 11 is 0. The molecule has 4 nitrogen and oxygen atoms in total. The molecular weight excluding hydrogens is 152 g/mol. The minimum atomic E-state index is 0.549. The van der Waals surface area contributed by atoms with Crippen molar-refractivity contribution in [1.82, 2.24) is 20.6 Å². The van der Waals surface area contributed by atoms with Crippen LogP contribution >= 0.6 is 0 Å². The third kappa shape index (κ3) is 1.47. The monoisotopic (exact) mass is 166 g/mol. The molecule has 1 N–H and O–H groups in total. The van der Waals surface area contributed by atoms with Crippen LogP contribution < -0.4 is 0 Å². The van der Waals surface area contributed by atoms with E-state index in [4.69, 9.17) is 0 Å². The molecule has 0 amide bonds. The lowest BCUT2D eigenvalue weighted by molar-refractivity contribution is 0.335. The smallest absolute Gasteiger partial charge is 0.177 e. The molecular formula is C8H14N4. The molecule has 1 fully saturated rings. The summed E-state index contributed by atoms with van der Waals surface area (Å²) in [5.74, 6) is 2.27. The molecule has 0 spiro atoms. The summed E-state index contributed by atoms with van der Waals surface area (Å²) < 4.78 is 0. The van der Waals surface area contributed by atoms with Gasteiger partial charge in [-0.15, -0.1) is 10.2 Å². The SMILES string of the molecule is CC1CCCC(c2nn[nH]n2)C1. The average molecular weight is 166 g/mol. The van der Waals surface area contributed by atoms with Gasteiger partial charge in [0.25, 0.3) is 0 Å². The molecule has 1 aliphatic carbocycles. The molecule has 0 saturated heterocycles. The highest BCUT2D eigenvalue weighted by atomic mass is 15.5. The van der Waals surface area contributed by atoms with Crippen LogP contribution in [-0.2, 0) is 0 Å². The Morgan fingerprint density at radius 3 is 3.00 bits per heavy atom. The molecule has 1 aromatic heterocycles. The number of nitrogens with zero attached hydrogens (tertiary/aromatic N) is 3. The van der Waals surface area contributed by atoms with Crippen LogP contribution in [0.25, 0.3) is 0 Å². The zero-order valence-electron chi connectivity index (χ0n) is 7.32. The second-order valence-electron chi connectivity index (χ2n) is 3.74. The summed E-state index contributed by atoms with van der Waals surface area (Å²) in [5, 5.41) is 14.2. The molecule has 2 atom stereocenters. The van der Waals surface area contributed by atoms with Crippen molar-refractivity contribution in [2.75, 3.05) is 0 Å². The van der Waals surface area contributed by atoms with E-state index in [9.17, 15) is 0 Å². The second kappa shape index (κ2) is 3.21. The fourth-order valence-corrected chi connectivity index (χ4v) is 2.01. The Hall–Kier alpha value is -0.930. The topological polar surface area (TPSA) is 54.5 Å². The van der Waals surface area contributed by atoms with Gasteiger partial charge in [-0.2, -0.15) is 5.21 Å². The van der Waals surface area contributed by atoms with Gasteiger partial charge in [0.1, 0.15) is 0 Å². The Balaban J connectivity index is 2.04. The molecule has 66 valence electrons. The maximum atomic E-state index is 4.03. The normalized spacial score (nSPS) is 30.4. The van der Waals surface area contributed by atoms with E-state index in [-0.39, 0.29) is 0 Å². The molecule has 1 saturated carbocycles. The fraction of sp³-hybridized carbons (Fsp3) is 0.875. The number of rotatable bonds is 1. The predicted molar refractivity (Wildman–Crippen MR) is 44.6 cm³/mol. The molecule has 1 aliphatic rings. The van der Waals surface area contributed by atoms with Crippen LogP contribution in [0.2, 0.25) is 0 Å². The predicted octanol–water partition coefficient (Wildman–Crippen LogP) is 1.49. The lowest BCUT2D eigenvalue weighted by atomic mass is 9.82. The van der Waals surface area contributed by atoms with Crippen LogP contribution in [0.3, 0.4) is 0 Å². The van der Waals surface area contributed by atoms with Crippen molar-refractivity contribution in [1.29, 1.82) is 0 Å². The number of H-pyrrole nitrogens is 1. The molecule has 12 heavy (non-hydrogen) atoms. The number of nitrogens with one attached hydrogen (secondary N) is 1. The Morgan fingerprint density at radius 1 is 1.42 bits per heavy atom. The van der Waals surface area contributed by atoms with E-state index >= 15 is 0 Å². The van der Waals surface area contributed by atoms with Crippen molar-refractivity contribution in [2.45, 2.75) is 38.5 Å². The first-order chi connectivity index (χ1) is 5.86. The fourth-order valence-electron chi connectivity index (χ4n) is 2.01. The maximum Gasteiger partial charge on any atom is 0.177 e. The lowest BCUT2D eigenvalue weighted by Gasteiger charge is -2.23. The Bertz CT molecular complexity index is 231. The summed E-state index contributed by atoms with van der Waals surface area (Å²) in [6.07, 6.45) is 5.11. The third-order valence-electron chi connectivity index (χ3n) is 2.66. The zero-order valence-corrected chi connectivity index (χ0v) is 7.32. The van der Waals surface area contributed by atoms with E-state index < -0.39 is 0 Å². The molecule has 0 aliphatic heterocycles. The Kier molecular flexibility index (Phi) is 2.06. The van der Waals surface area contributed by atoms with E-state index in [2.05, 4.69) is 27.5 Å². The van der Waals surface area contributed by atoms with Crippen LogP contribution in [0.4, 0.5) is 0 Å². The summed E-state index contributed by atoms with van der Waals surface area (Å²) in [6.45, 7) is 2.30. The standard InChI is InChI=1S/C8H14N4/c1-6-3-2-4-7(5-6)8-9-11-12-10-8/h6-7H,2-5H2,1H3,(H,9,10,11,12). The van der Waals surface area contributed by atoms with Gasteiger partial charge >= 0.3 is 0 Å². The van der Waals surface area contributed by atoms with Gasteiger partial charge in [-0.25, -0.2) is 0 Å². The van der Waals surface area contributed by atoms with Crippen LogP contribution in [0, 0.1) is 5.92 Å². The first-order valence-corrected chi connectivity index (χ1v) is 4.59. The highest BCUT2D eigenvalue weighted by Crippen LogP contribution is 2.33. The van der Waals surface area contributed by atoms with Crippen molar-refractivity contribution in [3.8, 4) is 0 Å². The summed E-state index contributed by atoms with van der Waals surface area (Å²) in [5.41, 5.74) is 0. The average Bonchev–Trinajstić information content (AvgIpc) is 2.56. The molecule has 1 aromatic rings. The largest absolute Gasteiger partial charge is 0.177 e.